The molecule has 0 heterocycles. The van der Waals surface area contributed by atoms with E-state index in [2.05, 4.69) is 21.2 Å². The Morgan fingerprint density at radius 1 is 1.11 bits per heavy atom. The molecule has 2 rings (SSSR count). The predicted molar refractivity (Wildman–Crippen MR) is 81.7 cm³/mol. The van der Waals surface area contributed by atoms with Crippen LogP contribution in [0.1, 0.15) is 21.5 Å². The van der Waals surface area contributed by atoms with Crippen molar-refractivity contribution in [3.63, 3.8) is 0 Å². The van der Waals surface area contributed by atoms with Crippen molar-refractivity contribution in [2.75, 3.05) is 0 Å². The van der Waals surface area contributed by atoms with Gasteiger partial charge in [-0.2, -0.15) is 0 Å². The first-order chi connectivity index (χ1) is 9.19. The van der Waals surface area contributed by atoms with Crippen molar-refractivity contribution >= 4 is 33.4 Å². The number of hydrogen-bond donors (Lipinski definition) is 1. The summed E-state index contributed by atoms with van der Waals surface area (Å²) in [4.78, 5) is 12.0. The zero-order valence-corrected chi connectivity index (χ0v) is 12.5. The van der Waals surface area contributed by atoms with E-state index in [1.54, 1.807) is 0 Å². The van der Waals surface area contributed by atoms with E-state index >= 15 is 0 Å². The SMILES string of the molecule is O=C(NCc1ccc(Cl)cc1)c1cccc(CBr)c1. The molecule has 1 amide bonds. The minimum Gasteiger partial charge on any atom is -0.348 e. The molecule has 2 aromatic carbocycles. The molecule has 0 saturated carbocycles. The summed E-state index contributed by atoms with van der Waals surface area (Å²) in [6, 6.07) is 15.0. The molecule has 0 bridgehead atoms. The van der Waals surface area contributed by atoms with Crippen LogP contribution in [0.2, 0.25) is 5.02 Å². The van der Waals surface area contributed by atoms with Gasteiger partial charge in [-0.1, -0.05) is 51.8 Å². The highest BCUT2D eigenvalue weighted by molar-refractivity contribution is 9.08. The molecule has 0 unspecified atom stereocenters. The van der Waals surface area contributed by atoms with Gasteiger partial charge in [-0.05, 0) is 35.4 Å². The molecule has 1 N–H and O–H groups in total. The van der Waals surface area contributed by atoms with E-state index in [4.69, 9.17) is 11.6 Å². The van der Waals surface area contributed by atoms with E-state index in [-0.39, 0.29) is 5.91 Å². The minimum atomic E-state index is -0.0715. The van der Waals surface area contributed by atoms with Gasteiger partial charge in [0.25, 0.3) is 5.91 Å². The van der Waals surface area contributed by atoms with Crippen LogP contribution in [0.25, 0.3) is 0 Å². The summed E-state index contributed by atoms with van der Waals surface area (Å²) >= 11 is 9.19. The Morgan fingerprint density at radius 2 is 1.84 bits per heavy atom. The molecule has 0 aromatic heterocycles. The topological polar surface area (TPSA) is 29.1 Å². The summed E-state index contributed by atoms with van der Waals surface area (Å²) in [5.41, 5.74) is 2.78. The van der Waals surface area contributed by atoms with Gasteiger partial charge < -0.3 is 5.32 Å². The van der Waals surface area contributed by atoms with Gasteiger partial charge in [0, 0.05) is 22.5 Å². The largest absolute Gasteiger partial charge is 0.348 e. The highest BCUT2D eigenvalue weighted by Crippen LogP contribution is 2.11. The fraction of sp³-hybridized carbons (Fsp3) is 0.133. The Kier molecular flexibility index (Phi) is 5.00. The number of carbonyl (C=O) groups is 1. The van der Waals surface area contributed by atoms with Crippen LogP contribution >= 0.6 is 27.5 Å². The maximum Gasteiger partial charge on any atom is 0.251 e. The van der Waals surface area contributed by atoms with Crippen LogP contribution in [-0.2, 0) is 11.9 Å². The zero-order valence-electron chi connectivity index (χ0n) is 10.2. The van der Waals surface area contributed by atoms with Crippen LogP contribution in [-0.4, -0.2) is 5.91 Å². The Morgan fingerprint density at radius 3 is 2.53 bits per heavy atom. The Labute approximate surface area is 125 Å². The summed E-state index contributed by atoms with van der Waals surface area (Å²) in [5.74, 6) is -0.0715. The van der Waals surface area contributed by atoms with Gasteiger partial charge in [-0.3, -0.25) is 4.79 Å². The van der Waals surface area contributed by atoms with Crippen molar-refractivity contribution in [1.82, 2.24) is 5.32 Å². The number of amides is 1. The molecular formula is C15H13BrClNO. The summed E-state index contributed by atoms with van der Waals surface area (Å²) < 4.78 is 0. The van der Waals surface area contributed by atoms with E-state index in [0.29, 0.717) is 17.1 Å². The van der Waals surface area contributed by atoms with Crippen molar-refractivity contribution in [2.24, 2.45) is 0 Å². The van der Waals surface area contributed by atoms with E-state index in [1.807, 2.05) is 48.5 Å². The summed E-state index contributed by atoms with van der Waals surface area (Å²) in [6.07, 6.45) is 0. The molecule has 98 valence electrons. The zero-order chi connectivity index (χ0) is 13.7. The molecule has 19 heavy (non-hydrogen) atoms. The Bertz CT molecular complexity index is 569. The summed E-state index contributed by atoms with van der Waals surface area (Å²) in [7, 11) is 0. The lowest BCUT2D eigenvalue weighted by Gasteiger charge is -2.06. The fourth-order valence-electron chi connectivity index (χ4n) is 1.68. The van der Waals surface area contributed by atoms with E-state index in [0.717, 1.165) is 16.5 Å². The average molecular weight is 339 g/mol. The first-order valence-corrected chi connectivity index (χ1v) is 7.36. The molecule has 0 atom stereocenters. The van der Waals surface area contributed by atoms with Gasteiger partial charge in [0.1, 0.15) is 0 Å². The first-order valence-electron chi connectivity index (χ1n) is 5.86. The van der Waals surface area contributed by atoms with E-state index in [1.165, 1.54) is 0 Å². The molecule has 0 aliphatic heterocycles. The predicted octanol–water partition coefficient (Wildman–Crippen LogP) is 4.16. The van der Waals surface area contributed by atoms with Gasteiger partial charge >= 0.3 is 0 Å². The third kappa shape index (κ3) is 4.08. The molecule has 0 radical (unpaired) electrons. The van der Waals surface area contributed by atoms with Gasteiger partial charge in [0.2, 0.25) is 0 Å². The monoisotopic (exact) mass is 337 g/mol. The minimum absolute atomic E-state index is 0.0715. The van der Waals surface area contributed by atoms with Crippen molar-refractivity contribution in [2.45, 2.75) is 11.9 Å². The lowest BCUT2D eigenvalue weighted by Crippen LogP contribution is -2.22. The van der Waals surface area contributed by atoms with Crippen molar-refractivity contribution < 1.29 is 4.79 Å². The number of benzene rings is 2. The molecule has 4 heteroatoms. The normalized spacial score (nSPS) is 10.2. The lowest BCUT2D eigenvalue weighted by molar-refractivity contribution is 0.0951. The summed E-state index contributed by atoms with van der Waals surface area (Å²) in [6.45, 7) is 0.495. The second kappa shape index (κ2) is 6.73. The molecule has 0 aliphatic carbocycles. The van der Waals surface area contributed by atoms with Crippen LogP contribution < -0.4 is 5.32 Å². The first kappa shape index (κ1) is 14.1. The van der Waals surface area contributed by atoms with Gasteiger partial charge in [-0.25, -0.2) is 0 Å². The molecular weight excluding hydrogens is 326 g/mol. The Balaban J connectivity index is 1.99. The van der Waals surface area contributed by atoms with Crippen LogP contribution in [0.5, 0.6) is 0 Å². The van der Waals surface area contributed by atoms with E-state index in [9.17, 15) is 4.79 Å². The van der Waals surface area contributed by atoms with Crippen LogP contribution in [0.3, 0.4) is 0 Å². The number of halogens is 2. The van der Waals surface area contributed by atoms with Crippen molar-refractivity contribution in [3.05, 3.63) is 70.2 Å². The van der Waals surface area contributed by atoms with Gasteiger partial charge in [-0.15, -0.1) is 0 Å². The molecule has 0 fully saturated rings. The second-order valence-corrected chi connectivity index (χ2v) is 5.14. The van der Waals surface area contributed by atoms with Crippen LogP contribution in [0, 0.1) is 0 Å². The second-order valence-electron chi connectivity index (χ2n) is 4.14. The number of hydrogen-bond acceptors (Lipinski definition) is 1. The molecule has 2 aromatic rings. The lowest BCUT2D eigenvalue weighted by atomic mass is 10.1. The standard InChI is InChI=1S/C15H13BrClNO/c16-9-12-2-1-3-13(8-12)15(19)18-10-11-4-6-14(17)7-5-11/h1-8H,9-10H2,(H,18,19). The van der Waals surface area contributed by atoms with Gasteiger partial charge in [0.15, 0.2) is 0 Å². The number of carbonyl (C=O) groups excluding carboxylic acids is 1. The van der Waals surface area contributed by atoms with E-state index < -0.39 is 0 Å². The average Bonchev–Trinajstić information content (AvgIpc) is 2.46. The smallest absolute Gasteiger partial charge is 0.251 e. The highest BCUT2D eigenvalue weighted by Gasteiger charge is 2.05. The van der Waals surface area contributed by atoms with Crippen molar-refractivity contribution in [1.29, 1.82) is 0 Å². The van der Waals surface area contributed by atoms with Gasteiger partial charge in [0.05, 0.1) is 0 Å². The third-order valence-electron chi connectivity index (χ3n) is 2.71. The van der Waals surface area contributed by atoms with Crippen LogP contribution in [0.15, 0.2) is 48.5 Å². The Hall–Kier alpha value is -1.32. The number of rotatable bonds is 4. The maximum atomic E-state index is 12.0. The summed E-state index contributed by atoms with van der Waals surface area (Å²) in [5, 5.41) is 4.32. The highest BCUT2D eigenvalue weighted by atomic mass is 79.9. The number of alkyl halides is 1. The maximum absolute atomic E-state index is 12.0. The fourth-order valence-corrected chi connectivity index (χ4v) is 2.16. The quantitative estimate of drug-likeness (QED) is 0.833. The molecule has 2 nitrogen and oxygen atoms in total. The third-order valence-corrected chi connectivity index (χ3v) is 3.61. The molecule has 0 saturated heterocycles. The van der Waals surface area contributed by atoms with Crippen LogP contribution in [0.4, 0.5) is 0 Å². The number of nitrogens with one attached hydrogen (secondary N) is 1. The molecule has 0 spiro atoms. The molecule has 0 aliphatic rings. The van der Waals surface area contributed by atoms with Crippen molar-refractivity contribution in [3.8, 4) is 0 Å².